The first-order valence-electron chi connectivity index (χ1n) is 7.65. The molecule has 0 bridgehead atoms. The second-order valence-electron chi connectivity index (χ2n) is 5.24. The van der Waals surface area contributed by atoms with Crippen LogP contribution >= 0.6 is 0 Å². The predicted octanol–water partition coefficient (Wildman–Crippen LogP) is 3.94. The third-order valence-electron chi connectivity index (χ3n) is 3.76. The molecule has 20 heavy (non-hydrogen) atoms. The quantitative estimate of drug-likeness (QED) is 0.742. The molecular weight excluding hydrogens is 250 g/mol. The summed E-state index contributed by atoms with van der Waals surface area (Å²) in [5.74, 6) is 0.931. The lowest BCUT2D eigenvalue weighted by atomic mass is 9.87. The second-order valence-corrected chi connectivity index (χ2v) is 5.24. The summed E-state index contributed by atoms with van der Waals surface area (Å²) in [6.45, 7) is 9.97. The Balaban J connectivity index is 2.88. The van der Waals surface area contributed by atoms with E-state index in [4.69, 9.17) is 9.47 Å². The minimum absolute atomic E-state index is 0.174. The van der Waals surface area contributed by atoms with Crippen molar-refractivity contribution in [3.8, 4) is 5.75 Å². The summed E-state index contributed by atoms with van der Waals surface area (Å²) in [5.41, 5.74) is 1.03. The summed E-state index contributed by atoms with van der Waals surface area (Å²) in [6, 6.07) is 8.50. The number of benzene rings is 1. The lowest BCUT2D eigenvalue weighted by molar-refractivity contribution is -0.0547. The molecule has 0 saturated heterocycles. The van der Waals surface area contributed by atoms with Crippen molar-refractivity contribution in [3.63, 3.8) is 0 Å². The first kappa shape index (κ1) is 17.0. The molecule has 1 aromatic rings. The van der Waals surface area contributed by atoms with Crippen molar-refractivity contribution in [3.05, 3.63) is 29.8 Å². The molecule has 0 spiro atoms. The third kappa shape index (κ3) is 4.22. The second kappa shape index (κ2) is 8.28. The van der Waals surface area contributed by atoms with Crippen LogP contribution in [0.15, 0.2) is 24.3 Å². The smallest absolute Gasteiger partial charge is 0.119 e. The van der Waals surface area contributed by atoms with Gasteiger partial charge in [0.05, 0.1) is 18.2 Å². The van der Waals surface area contributed by atoms with Gasteiger partial charge in [-0.25, -0.2) is 0 Å². The van der Waals surface area contributed by atoms with Gasteiger partial charge in [-0.15, -0.1) is 0 Å². The zero-order valence-electron chi connectivity index (χ0n) is 13.5. The SMILES string of the molecule is CCCOc1ccc(C(NC)C(C)(CC)OCC)cc1. The number of rotatable bonds is 9. The highest BCUT2D eigenvalue weighted by Gasteiger charge is 2.33. The monoisotopic (exact) mass is 279 g/mol. The van der Waals surface area contributed by atoms with Crippen LogP contribution in [0.3, 0.4) is 0 Å². The van der Waals surface area contributed by atoms with E-state index in [-0.39, 0.29) is 11.6 Å². The summed E-state index contributed by atoms with van der Waals surface area (Å²) in [7, 11) is 1.99. The molecule has 114 valence electrons. The Morgan fingerprint density at radius 1 is 1.15 bits per heavy atom. The Hall–Kier alpha value is -1.06. The normalized spacial score (nSPS) is 15.7. The highest BCUT2D eigenvalue weighted by Crippen LogP contribution is 2.32. The standard InChI is InChI=1S/C17H29NO2/c1-6-13-19-15-11-9-14(10-12-15)16(18-5)17(4,7-2)20-8-3/h9-12,16,18H,6-8,13H2,1-5H3. The molecular formula is C17H29NO2. The summed E-state index contributed by atoms with van der Waals surface area (Å²) in [4.78, 5) is 0. The van der Waals surface area contributed by atoms with Gasteiger partial charge in [-0.05, 0) is 51.4 Å². The first-order chi connectivity index (χ1) is 9.61. The van der Waals surface area contributed by atoms with Crippen LogP contribution in [0.4, 0.5) is 0 Å². The highest BCUT2D eigenvalue weighted by atomic mass is 16.5. The molecule has 1 rings (SSSR count). The number of ether oxygens (including phenoxy) is 2. The van der Waals surface area contributed by atoms with Crippen molar-refractivity contribution in [2.75, 3.05) is 20.3 Å². The Morgan fingerprint density at radius 2 is 1.80 bits per heavy atom. The molecule has 0 radical (unpaired) electrons. The lowest BCUT2D eigenvalue weighted by Crippen LogP contribution is -2.42. The van der Waals surface area contributed by atoms with Gasteiger partial charge in [-0.3, -0.25) is 0 Å². The zero-order chi connectivity index (χ0) is 15.0. The van der Waals surface area contributed by atoms with E-state index in [1.54, 1.807) is 0 Å². The molecule has 0 fully saturated rings. The van der Waals surface area contributed by atoms with Crippen LogP contribution in [0.5, 0.6) is 5.75 Å². The maximum atomic E-state index is 5.99. The van der Waals surface area contributed by atoms with E-state index in [0.717, 1.165) is 31.8 Å². The fraction of sp³-hybridized carbons (Fsp3) is 0.647. The largest absolute Gasteiger partial charge is 0.494 e. The van der Waals surface area contributed by atoms with Crippen molar-refractivity contribution < 1.29 is 9.47 Å². The molecule has 0 saturated carbocycles. The van der Waals surface area contributed by atoms with Crippen molar-refractivity contribution in [2.24, 2.45) is 0 Å². The maximum absolute atomic E-state index is 5.99. The molecule has 1 N–H and O–H groups in total. The number of likely N-dealkylation sites (N-methyl/N-ethyl adjacent to an activating group) is 1. The van der Waals surface area contributed by atoms with Crippen LogP contribution in [0.1, 0.15) is 52.1 Å². The van der Waals surface area contributed by atoms with E-state index in [9.17, 15) is 0 Å². The fourth-order valence-corrected chi connectivity index (χ4v) is 2.52. The van der Waals surface area contributed by atoms with Crippen molar-refractivity contribution in [1.82, 2.24) is 5.32 Å². The van der Waals surface area contributed by atoms with Crippen LogP contribution in [0, 0.1) is 0 Å². The molecule has 0 aliphatic heterocycles. The Bertz CT molecular complexity index is 377. The van der Waals surface area contributed by atoms with Gasteiger partial charge in [0.15, 0.2) is 0 Å². The van der Waals surface area contributed by atoms with Crippen molar-refractivity contribution in [1.29, 1.82) is 0 Å². The average molecular weight is 279 g/mol. The van der Waals surface area contributed by atoms with Gasteiger partial charge in [-0.2, -0.15) is 0 Å². The van der Waals surface area contributed by atoms with Gasteiger partial charge in [-0.1, -0.05) is 26.0 Å². The van der Waals surface area contributed by atoms with E-state index < -0.39 is 0 Å². The van der Waals surface area contributed by atoms with Crippen LogP contribution in [-0.4, -0.2) is 25.9 Å². The number of nitrogens with one attached hydrogen (secondary N) is 1. The maximum Gasteiger partial charge on any atom is 0.119 e. The van der Waals surface area contributed by atoms with Gasteiger partial charge in [0, 0.05) is 6.61 Å². The third-order valence-corrected chi connectivity index (χ3v) is 3.76. The van der Waals surface area contributed by atoms with Gasteiger partial charge >= 0.3 is 0 Å². The molecule has 2 unspecified atom stereocenters. The molecule has 0 aliphatic carbocycles. The van der Waals surface area contributed by atoms with E-state index in [2.05, 4.69) is 38.2 Å². The highest BCUT2D eigenvalue weighted by molar-refractivity contribution is 5.30. The Labute approximate surface area is 123 Å². The van der Waals surface area contributed by atoms with Gasteiger partial charge < -0.3 is 14.8 Å². The van der Waals surface area contributed by atoms with E-state index >= 15 is 0 Å². The van der Waals surface area contributed by atoms with Gasteiger partial charge in [0.2, 0.25) is 0 Å². The molecule has 0 heterocycles. The average Bonchev–Trinajstić information content (AvgIpc) is 2.47. The van der Waals surface area contributed by atoms with Crippen molar-refractivity contribution in [2.45, 2.75) is 52.2 Å². The minimum atomic E-state index is -0.199. The van der Waals surface area contributed by atoms with Crippen molar-refractivity contribution >= 4 is 0 Å². The lowest BCUT2D eigenvalue weighted by Gasteiger charge is -2.37. The van der Waals surface area contributed by atoms with Crippen LogP contribution in [-0.2, 0) is 4.74 Å². The fourth-order valence-electron chi connectivity index (χ4n) is 2.52. The zero-order valence-corrected chi connectivity index (χ0v) is 13.5. The van der Waals surface area contributed by atoms with E-state index in [1.165, 1.54) is 5.56 Å². The van der Waals surface area contributed by atoms with E-state index in [0.29, 0.717) is 0 Å². The Morgan fingerprint density at radius 3 is 2.25 bits per heavy atom. The number of hydrogen-bond acceptors (Lipinski definition) is 3. The van der Waals surface area contributed by atoms with Crippen LogP contribution in [0.2, 0.25) is 0 Å². The summed E-state index contributed by atoms with van der Waals surface area (Å²) in [5, 5.41) is 3.39. The summed E-state index contributed by atoms with van der Waals surface area (Å²) in [6.07, 6.45) is 1.99. The van der Waals surface area contributed by atoms with Gasteiger partial charge in [0.25, 0.3) is 0 Å². The molecule has 2 atom stereocenters. The topological polar surface area (TPSA) is 30.5 Å². The summed E-state index contributed by atoms with van der Waals surface area (Å²) >= 11 is 0. The molecule has 0 aliphatic rings. The first-order valence-corrected chi connectivity index (χ1v) is 7.65. The molecule has 0 amide bonds. The minimum Gasteiger partial charge on any atom is -0.494 e. The summed E-state index contributed by atoms with van der Waals surface area (Å²) < 4.78 is 11.6. The molecule has 3 heteroatoms. The van der Waals surface area contributed by atoms with E-state index in [1.807, 2.05) is 26.1 Å². The van der Waals surface area contributed by atoms with Gasteiger partial charge in [0.1, 0.15) is 5.75 Å². The predicted molar refractivity (Wildman–Crippen MR) is 84.4 cm³/mol. The molecule has 0 aromatic heterocycles. The molecule has 1 aromatic carbocycles. The number of hydrogen-bond donors (Lipinski definition) is 1. The Kier molecular flexibility index (Phi) is 7.03. The molecule has 3 nitrogen and oxygen atoms in total. The van der Waals surface area contributed by atoms with Crippen LogP contribution in [0.25, 0.3) is 0 Å². The van der Waals surface area contributed by atoms with Crippen LogP contribution < -0.4 is 10.1 Å².